The van der Waals surface area contributed by atoms with Crippen molar-refractivity contribution in [1.29, 1.82) is 0 Å². The summed E-state index contributed by atoms with van der Waals surface area (Å²) in [5, 5.41) is 24.5. The lowest BCUT2D eigenvalue weighted by Gasteiger charge is -2.36. The van der Waals surface area contributed by atoms with Gasteiger partial charge in [-0.3, -0.25) is 10.1 Å². The smallest absolute Gasteiger partial charge is 0.269 e. The van der Waals surface area contributed by atoms with Crippen molar-refractivity contribution in [3.05, 3.63) is 39.9 Å². The molecule has 0 amide bonds. The van der Waals surface area contributed by atoms with Crippen molar-refractivity contribution >= 4 is 5.69 Å². The van der Waals surface area contributed by atoms with Crippen LogP contribution in [0.4, 0.5) is 5.69 Å². The van der Waals surface area contributed by atoms with Crippen LogP contribution < -0.4 is 5.32 Å². The number of hydrogen-bond donors (Lipinski definition) is 2. The lowest BCUT2D eigenvalue weighted by atomic mass is 9.78. The van der Waals surface area contributed by atoms with Gasteiger partial charge in [0.05, 0.1) is 10.5 Å². The zero-order valence-corrected chi connectivity index (χ0v) is 12.5. The lowest BCUT2D eigenvalue weighted by Crippen LogP contribution is -2.43. The van der Waals surface area contributed by atoms with Gasteiger partial charge in [0.25, 0.3) is 5.69 Å². The number of nitrogens with one attached hydrogen (secondary N) is 1. The van der Waals surface area contributed by atoms with Crippen molar-refractivity contribution in [3.8, 4) is 0 Å². The normalized spacial score (nSPS) is 25.7. The van der Waals surface area contributed by atoms with Crippen molar-refractivity contribution < 1.29 is 10.0 Å². The van der Waals surface area contributed by atoms with Crippen LogP contribution in [0.2, 0.25) is 0 Å². The maximum Gasteiger partial charge on any atom is 0.269 e. The van der Waals surface area contributed by atoms with E-state index in [1.54, 1.807) is 12.1 Å². The molecule has 0 aromatic heterocycles. The summed E-state index contributed by atoms with van der Waals surface area (Å²) >= 11 is 0. The highest BCUT2D eigenvalue weighted by molar-refractivity contribution is 5.34. The van der Waals surface area contributed by atoms with Crippen LogP contribution >= 0.6 is 0 Å². The Bertz CT molecular complexity index is 482. The fourth-order valence-corrected chi connectivity index (χ4v) is 3.02. The molecule has 0 radical (unpaired) electrons. The van der Waals surface area contributed by atoms with Gasteiger partial charge in [0.2, 0.25) is 0 Å². The molecule has 5 nitrogen and oxygen atoms in total. The van der Waals surface area contributed by atoms with E-state index in [9.17, 15) is 15.2 Å². The first kappa shape index (κ1) is 15.9. The SMILES string of the molecule is CCC1CCC(O)(CNCc2cccc([N+](=O)[O-])c2)CC1. The largest absolute Gasteiger partial charge is 0.389 e. The minimum Gasteiger partial charge on any atom is -0.389 e. The maximum absolute atomic E-state index is 10.7. The number of nitrogens with zero attached hydrogens (tertiary/aromatic N) is 1. The second kappa shape index (κ2) is 7.00. The molecule has 116 valence electrons. The zero-order chi connectivity index (χ0) is 15.3. The Hall–Kier alpha value is -1.46. The molecule has 1 aliphatic carbocycles. The van der Waals surface area contributed by atoms with Crippen molar-refractivity contribution in [1.82, 2.24) is 5.32 Å². The van der Waals surface area contributed by atoms with Gasteiger partial charge in [0.1, 0.15) is 0 Å². The minimum atomic E-state index is -0.619. The van der Waals surface area contributed by atoms with Crippen LogP contribution in [-0.2, 0) is 6.54 Å². The molecule has 0 unspecified atom stereocenters. The summed E-state index contributed by atoms with van der Waals surface area (Å²) in [6, 6.07) is 6.61. The van der Waals surface area contributed by atoms with E-state index in [1.807, 2.05) is 6.07 Å². The van der Waals surface area contributed by atoms with Gasteiger partial charge < -0.3 is 10.4 Å². The molecule has 2 rings (SSSR count). The first-order valence-electron chi connectivity index (χ1n) is 7.69. The summed E-state index contributed by atoms with van der Waals surface area (Å²) in [5.74, 6) is 0.752. The third kappa shape index (κ3) is 4.51. The Labute approximate surface area is 125 Å². The maximum atomic E-state index is 10.7. The monoisotopic (exact) mass is 292 g/mol. The van der Waals surface area contributed by atoms with Gasteiger partial charge in [-0.2, -0.15) is 0 Å². The number of nitro benzene ring substituents is 1. The van der Waals surface area contributed by atoms with Crippen LogP contribution in [0.1, 0.15) is 44.6 Å². The molecule has 0 aliphatic heterocycles. The van der Waals surface area contributed by atoms with E-state index in [-0.39, 0.29) is 10.6 Å². The first-order chi connectivity index (χ1) is 10.0. The Morgan fingerprint density at radius 1 is 1.43 bits per heavy atom. The molecular formula is C16H24N2O3. The van der Waals surface area contributed by atoms with Gasteiger partial charge in [-0.05, 0) is 37.2 Å². The van der Waals surface area contributed by atoms with E-state index < -0.39 is 5.60 Å². The van der Waals surface area contributed by atoms with Gasteiger partial charge in [-0.15, -0.1) is 0 Å². The molecule has 1 fully saturated rings. The molecule has 1 saturated carbocycles. The molecule has 5 heteroatoms. The van der Waals surface area contributed by atoms with E-state index in [4.69, 9.17) is 0 Å². The standard InChI is InChI=1S/C16H24N2O3/c1-2-13-6-8-16(19,9-7-13)12-17-11-14-4-3-5-15(10-14)18(20)21/h3-5,10,13,17,19H,2,6-9,11-12H2,1H3. The third-order valence-corrected chi connectivity index (χ3v) is 4.52. The highest BCUT2D eigenvalue weighted by Gasteiger charge is 2.32. The number of nitro groups is 1. The molecule has 0 bridgehead atoms. The first-order valence-corrected chi connectivity index (χ1v) is 7.69. The van der Waals surface area contributed by atoms with E-state index in [1.165, 1.54) is 12.5 Å². The fourth-order valence-electron chi connectivity index (χ4n) is 3.02. The highest BCUT2D eigenvalue weighted by Crippen LogP contribution is 2.33. The Morgan fingerprint density at radius 2 is 2.14 bits per heavy atom. The minimum absolute atomic E-state index is 0.108. The second-order valence-corrected chi connectivity index (χ2v) is 6.11. The Morgan fingerprint density at radius 3 is 2.76 bits per heavy atom. The quantitative estimate of drug-likeness (QED) is 0.624. The van der Waals surface area contributed by atoms with Crippen molar-refractivity contribution in [3.63, 3.8) is 0 Å². The molecule has 0 saturated heterocycles. The molecule has 0 spiro atoms. The van der Waals surface area contributed by atoms with Crippen molar-refractivity contribution in [2.24, 2.45) is 5.92 Å². The van der Waals surface area contributed by atoms with Gasteiger partial charge >= 0.3 is 0 Å². The van der Waals surface area contributed by atoms with Crippen LogP contribution in [0.5, 0.6) is 0 Å². The Kier molecular flexibility index (Phi) is 5.31. The van der Waals surface area contributed by atoms with E-state index >= 15 is 0 Å². The summed E-state index contributed by atoms with van der Waals surface area (Å²) in [7, 11) is 0. The predicted octanol–water partition coefficient (Wildman–Crippen LogP) is 3.02. The average Bonchev–Trinajstić information content (AvgIpc) is 2.48. The number of benzene rings is 1. The van der Waals surface area contributed by atoms with Gasteiger partial charge in [-0.1, -0.05) is 25.5 Å². The molecule has 2 N–H and O–H groups in total. The third-order valence-electron chi connectivity index (χ3n) is 4.52. The number of rotatable bonds is 6. The van der Waals surface area contributed by atoms with Gasteiger partial charge in [-0.25, -0.2) is 0 Å². The molecule has 1 aromatic rings. The summed E-state index contributed by atoms with van der Waals surface area (Å²) in [4.78, 5) is 10.3. The number of hydrogen-bond acceptors (Lipinski definition) is 4. The summed E-state index contributed by atoms with van der Waals surface area (Å²) in [6.07, 6.45) is 5.05. The molecular weight excluding hydrogens is 268 g/mol. The molecule has 21 heavy (non-hydrogen) atoms. The molecule has 0 atom stereocenters. The summed E-state index contributed by atoms with van der Waals surface area (Å²) in [5.41, 5.74) is 0.360. The Balaban J connectivity index is 1.81. The second-order valence-electron chi connectivity index (χ2n) is 6.11. The van der Waals surface area contributed by atoms with Crippen LogP contribution in [0.15, 0.2) is 24.3 Å². The van der Waals surface area contributed by atoms with Crippen molar-refractivity contribution in [2.45, 2.75) is 51.2 Å². The summed E-state index contributed by atoms with van der Waals surface area (Å²) < 4.78 is 0. The molecule has 0 heterocycles. The highest BCUT2D eigenvalue weighted by atomic mass is 16.6. The lowest BCUT2D eigenvalue weighted by molar-refractivity contribution is -0.384. The van der Waals surface area contributed by atoms with Crippen LogP contribution in [0.3, 0.4) is 0 Å². The van der Waals surface area contributed by atoms with E-state index in [0.29, 0.717) is 13.1 Å². The van der Waals surface area contributed by atoms with Crippen LogP contribution in [-0.4, -0.2) is 22.2 Å². The average molecular weight is 292 g/mol. The van der Waals surface area contributed by atoms with Crippen molar-refractivity contribution in [2.75, 3.05) is 6.54 Å². The number of non-ortho nitro benzene ring substituents is 1. The van der Waals surface area contributed by atoms with Gasteiger partial charge in [0.15, 0.2) is 0 Å². The molecule has 1 aliphatic rings. The molecule has 1 aromatic carbocycles. The predicted molar refractivity (Wildman–Crippen MR) is 82.0 cm³/mol. The van der Waals surface area contributed by atoms with Crippen LogP contribution in [0.25, 0.3) is 0 Å². The summed E-state index contributed by atoms with van der Waals surface area (Å²) in [6.45, 7) is 3.29. The van der Waals surface area contributed by atoms with E-state index in [0.717, 1.165) is 37.2 Å². The van der Waals surface area contributed by atoms with E-state index in [2.05, 4.69) is 12.2 Å². The number of aliphatic hydroxyl groups is 1. The topological polar surface area (TPSA) is 75.4 Å². The fraction of sp³-hybridized carbons (Fsp3) is 0.625. The zero-order valence-electron chi connectivity index (χ0n) is 12.5. The van der Waals surface area contributed by atoms with Gasteiger partial charge in [0, 0.05) is 25.2 Å². The van der Waals surface area contributed by atoms with Crippen LogP contribution in [0, 0.1) is 16.0 Å².